The average Bonchev–Trinajstić information content (AvgIpc) is 2.77. The van der Waals surface area contributed by atoms with Gasteiger partial charge in [-0.25, -0.2) is 0 Å². The number of benzene rings is 2. The second kappa shape index (κ2) is 8.35. The molecule has 2 aliphatic rings. The van der Waals surface area contributed by atoms with Gasteiger partial charge in [0.25, 0.3) is 5.69 Å². The topological polar surface area (TPSA) is 99.0 Å². The van der Waals surface area contributed by atoms with E-state index in [1.807, 2.05) is 19.9 Å². The first-order chi connectivity index (χ1) is 15.7. The smallest absolute Gasteiger partial charge is 0.293 e. The van der Waals surface area contributed by atoms with E-state index in [1.54, 1.807) is 37.4 Å². The summed E-state index contributed by atoms with van der Waals surface area (Å²) in [7, 11) is 3.08. The summed E-state index contributed by atoms with van der Waals surface area (Å²) in [5, 5.41) is 11.7. The number of para-hydroxylation sites is 2. The van der Waals surface area contributed by atoms with Crippen molar-refractivity contribution in [3.8, 4) is 11.5 Å². The maximum atomic E-state index is 13.5. The number of hydrogen-bond donors (Lipinski definition) is 0. The van der Waals surface area contributed by atoms with Crippen LogP contribution in [-0.2, 0) is 9.59 Å². The molecule has 0 radical (unpaired) electrons. The number of ketones is 1. The summed E-state index contributed by atoms with van der Waals surface area (Å²) in [5.74, 6) is 0.271. The molecule has 8 heteroatoms. The van der Waals surface area contributed by atoms with E-state index < -0.39 is 10.8 Å². The first-order valence-electron chi connectivity index (χ1n) is 10.7. The third-order valence-electron chi connectivity index (χ3n) is 6.28. The molecule has 8 nitrogen and oxygen atoms in total. The second-order valence-electron chi connectivity index (χ2n) is 9.14. The summed E-state index contributed by atoms with van der Waals surface area (Å²) < 4.78 is 10.9. The Balaban J connectivity index is 1.95. The lowest BCUT2D eigenvalue weighted by Gasteiger charge is -2.42. The van der Waals surface area contributed by atoms with Gasteiger partial charge in [-0.3, -0.25) is 24.6 Å². The van der Waals surface area contributed by atoms with Crippen LogP contribution in [0.1, 0.15) is 44.6 Å². The predicted molar refractivity (Wildman–Crippen MR) is 123 cm³/mol. The minimum atomic E-state index is -0.504. The van der Waals surface area contributed by atoms with E-state index in [2.05, 4.69) is 0 Å². The molecule has 1 unspecified atom stereocenters. The highest BCUT2D eigenvalue weighted by molar-refractivity contribution is 6.08. The third-order valence-corrected chi connectivity index (χ3v) is 6.28. The summed E-state index contributed by atoms with van der Waals surface area (Å²) in [6.45, 7) is 3.93. The van der Waals surface area contributed by atoms with Gasteiger partial charge in [0.15, 0.2) is 5.78 Å². The van der Waals surface area contributed by atoms with E-state index in [-0.39, 0.29) is 34.9 Å². The summed E-state index contributed by atoms with van der Waals surface area (Å²) in [5.41, 5.74) is 1.40. The fourth-order valence-corrected chi connectivity index (χ4v) is 4.87. The lowest BCUT2D eigenvalue weighted by Crippen LogP contribution is -2.44. The molecule has 0 saturated heterocycles. The van der Waals surface area contributed by atoms with Gasteiger partial charge in [0.05, 0.1) is 19.1 Å². The van der Waals surface area contributed by atoms with Crippen molar-refractivity contribution in [1.82, 2.24) is 0 Å². The van der Waals surface area contributed by atoms with Crippen LogP contribution in [0.15, 0.2) is 53.7 Å². The number of anilines is 1. The SMILES string of the molecule is COc1ccc(C2CC(=O)N(c3ccccc3[N+](=O)[O-])C3=C2C(=O)CC(C)(C)C3)c(OC)c1. The van der Waals surface area contributed by atoms with Crippen molar-refractivity contribution in [3.05, 3.63) is 69.4 Å². The number of nitro benzene ring substituents is 1. The van der Waals surface area contributed by atoms with Gasteiger partial charge < -0.3 is 9.47 Å². The molecular weight excluding hydrogens is 424 g/mol. The van der Waals surface area contributed by atoms with Gasteiger partial charge in [-0.1, -0.05) is 32.0 Å². The van der Waals surface area contributed by atoms with E-state index in [4.69, 9.17) is 9.47 Å². The van der Waals surface area contributed by atoms with Crippen LogP contribution in [0.2, 0.25) is 0 Å². The number of hydrogen-bond acceptors (Lipinski definition) is 6. The lowest BCUT2D eigenvalue weighted by atomic mass is 9.69. The standard InChI is InChI=1S/C25H26N2O6/c1-25(2)13-20-24(21(28)14-25)17(16-10-9-15(32-3)11-22(16)33-4)12-23(29)26(20)18-7-5-6-8-19(18)27(30)31/h5-11,17H,12-14H2,1-4H3. The zero-order valence-corrected chi connectivity index (χ0v) is 19.1. The van der Waals surface area contributed by atoms with Gasteiger partial charge in [0, 0.05) is 47.7 Å². The predicted octanol–water partition coefficient (Wildman–Crippen LogP) is 4.78. The number of allylic oxidation sites excluding steroid dienone is 2. The molecule has 4 rings (SSSR count). The first-order valence-corrected chi connectivity index (χ1v) is 10.7. The van der Waals surface area contributed by atoms with Gasteiger partial charge in [-0.2, -0.15) is 0 Å². The summed E-state index contributed by atoms with van der Waals surface area (Å²) >= 11 is 0. The van der Waals surface area contributed by atoms with E-state index in [0.29, 0.717) is 35.6 Å². The molecular formula is C25H26N2O6. The minimum Gasteiger partial charge on any atom is -0.497 e. The molecule has 1 heterocycles. The summed E-state index contributed by atoms with van der Waals surface area (Å²) in [6.07, 6.45) is 0.778. The molecule has 1 atom stereocenters. The molecule has 0 saturated carbocycles. The maximum absolute atomic E-state index is 13.5. The van der Waals surface area contributed by atoms with E-state index in [0.717, 1.165) is 5.56 Å². The molecule has 2 aromatic carbocycles. The third kappa shape index (κ3) is 3.97. The molecule has 1 aliphatic carbocycles. The van der Waals surface area contributed by atoms with Gasteiger partial charge in [0.2, 0.25) is 5.91 Å². The molecule has 1 aliphatic heterocycles. The number of Topliss-reactive ketones (excluding diaryl/α,β-unsaturated/α-hetero) is 1. The van der Waals surface area contributed by atoms with Crippen molar-refractivity contribution in [3.63, 3.8) is 0 Å². The Morgan fingerprint density at radius 2 is 1.79 bits per heavy atom. The highest BCUT2D eigenvalue weighted by Gasteiger charge is 2.46. The van der Waals surface area contributed by atoms with Crippen molar-refractivity contribution in [1.29, 1.82) is 0 Å². The number of carbonyl (C=O) groups is 2. The van der Waals surface area contributed by atoms with Crippen LogP contribution < -0.4 is 14.4 Å². The Labute approximate surface area is 191 Å². The number of ether oxygens (including phenoxy) is 2. The van der Waals surface area contributed by atoms with E-state index >= 15 is 0 Å². The van der Waals surface area contributed by atoms with E-state index in [1.165, 1.54) is 18.1 Å². The molecule has 33 heavy (non-hydrogen) atoms. The Morgan fingerprint density at radius 3 is 2.45 bits per heavy atom. The van der Waals surface area contributed by atoms with Gasteiger partial charge in [-0.15, -0.1) is 0 Å². The van der Waals surface area contributed by atoms with Crippen molar-refractivity contribution >= 4 is 23.1 Å². The highest BCUT2D eigenvalue weighted by atomic mass is 16.6. The fourth-order valence-electron chi connectivity index (χ4n) is 4.87. The number of nitro groups is 1. The van der Waals surface area contributed by atoms with Crippen molar-refractivity contribution in [2.75, 3.05) is 19.1 Å². The maximum Gasteiger partial charge on any atom is 0.293 e. The first kappa shape index (κ1) is 22.5. The Kier molecular flexibility index (Phi) is 5.69. The highest BCUT2D eigenvalue weighted by Crippen LogP contribution is 2.50. The van der Waals surface area contributed by atoms with Crippen LogP contribution in [0.3, 0.4) is 0 Å². The van der Waals surface area contributed by atoms with Crippen LogP contribution >= 0.6 is 0 Å². The Morgan fingerprint density at radius 1 is 1.06 bits per heavy atom. The normalized spacial score (nSPS) is 19.9. The zero-order valence-electron chi connectivity index (χ0n) is 19.1. The largest absolute Gasteiger partial charge is 0.497 e. The van der Waals surface area contributed by atoms with Crippen molar-refractivity contribution < 1.29 is 24.0 Å². The minimum absolute atomic E-state index is 0.000259. The molecule has 0 N–H and O–H groups in total. The van der Waals surface area contributed by atoms with Crippen LogP contribution in [0.4, 0.5) is 11.4 Å². The second-order valence-corrected chi connectivity index (χ2v) is 9.14. The van der Waals surface area contributed by atoms with Crippen molar-refractivity contribution in [2.45, 2.75) is 39.0 Å². The van der Waals surface area contributed by atoms with Gasteiger partial charge in [-0.05, 0) is 24.0 Å². The Hall–Kier alpha value is -3.68. The fraction of sp³-hybridized carbons (Fsp3) is 0.360. The quantitative estimate of drug-likeness (QED) is 0.480. The van der Waals surface area contributed by atoms with Crippen LogP contribution in [0.25, 0.3) is 0 Å². The average molecular weight is 450 g/mol. The molecule has 0 aromatic heterocycles. The Bertz CT molecular complexity index is 1180. The molecule has 2 aromatic rings. The number of amides is 1. The summed E-state index contributed by atoms with van der Waals surface area (Å²) in [4.78, 5) is 39.6. The number of carbonyl (C=O) groups excluding carboxylic acids is 2. The zero-order chi connectivity index (χ0) is 23.9. The van der Waals surface area contributed by atoms with Gasteiger partial charge in [0.1, 0.15) is 17.2 Å². The monoisotopic (exact) mass is 450 g/mol. The molecule has 1 amide bonds. The molecule has 0 fully saturated rings. The number of methoxy groups -OCH3 is 2. The number of nitrogens with zero attached hydrogens (tertiary/aromatic N) is 2. The van der Waals surface area contributed by atoms with Gasteiger partial charge >= 0.3 is 0 Å². The molecule has 0 bridgehead atoms. The molecule has 0 spiro atoms. The van der Waals surface area contributed by atoms with E-state index in [9.17, 15) is 19.7 Å². The van der Waals surface area contributed by atoms with Crippen molar-refractivity contribution in [2.24, 2.45) is 5.41 Å². The summed E-state index contributed by atoms with van der Waals surface area (Å²) in [6, 6.07) is 11.5. The van der Waals surface area contributed by atoms with Crippen LogP contribution in [0.5, 0.6) is 11.5 Å². The van der Waals surface area contributed by atoms with Crippen LogP contribution in [0, 0.1) is 15.5 Å². The molecule has 172 valence electrons. The van der Waals surface area contributed by atoms with Crippen LogP contribution in [-0.4, -0.2) is 30.8 Å². The lowest BCUT2D eigenvalue weighted by molar-refractivity contribution is -0.384. The number of rotatable bonds is 5.